The average molecular weight is 487 g/mol. The number of aliphatic imine (C=N–C) groups is 1. The van der Waals surface area contributed by atoms with E-state index in [9.17, 15) is 4.79 Å². The van der Waals surface area contributed by atoms with Gasteiger partial charge in [0.2, 0.25) is 5.91 Å². The minimum atomic E-state index is -0.208. The molecular weight excluding hydrogens is 453 g/mol. The number of anilines is 1. The van der Waals surface area contributed by atoms with Crippen LogP contribution in [0.15, 0.2) is 35.3 Å². The van der Waals surface area contributed by atoms with Crippen molar-refractivity contribution < 1.29 is 4.79 Å². The standard InChI is InChI=1S/C20H33N5O.HI/c1-3-24(18-10-5-4-6-11-18)14-8-12-23-20(22-2)25-13-7-9-17(16-25)15-19(21)26;/h4-6,10-11,17H,3,7-9,12-16H2,1-2H3,(H2,21,26)(H,22,23);1H. The number of nitrogens with one attached hydrogen (secondary N) is 1. The number of carbonyl (C=O) groups is 1. The first-order valence-corrected chi connectivity index (χ1v) is 9.68. The molecule has 7 heteroatoms. The highest BCUT2D eigenvalue weighted by Gasteiger charge is 2.23. The molecule has 1 atom stereocenters. The SMILES string of the molecule is CCN(CCCNC(=NC)N1CCCC(CC(N)=O)C1)c1ccccc1.I. The fraction of sp³-hybridized carbons (Fsp3) is 0.600. The fourth-order valence-corrected chi connectivity index (χ4v) is 3.62. The summed E-state index contributed by atoms with van der Waals surface area (Å²) in [4.78, 5) is 20.2. The van der Waals surface area contributed by atoms with Crippen LogP contribution >= 0.6 is 24.0 Å². The number of primary amides is 1. The molecule has 0 saturated carbocycles. The number of benzene rings is 1. The number of likely N-dealkylation sites (tertiary alicyclic amines) is 1. The molecular formula is C20H34IN5O. The van der Waals surface area contributed by atoms with E-state index in [0.29, 0.717) is 12.3 Å². The lowest BCUT2D eigenvalue weighted by atomic mass is 9.95. The summed E-state index contributed by atoms with van der Waals surface area (Å²) < 4.78 is 0. The lowest BCUT2D eigenvalue weighted by Crippen LogP contribution is -2.47. The Bertz CT molecular complexity index is 581. The van der Waals surface area contributed by atoms with Crippen LogP contribution in [-0.4, -0.2) is 56.5 Å². The molecule has 1 unspecified atom stereocenters. The van der Waals surface area contributed by atoms with Gasteiger partial charge in [0.15, 0.2) is 5.96 Å². The van der Waals surface area contributed by atoms with Gasteiger partial charge in [0.05, 0.1) is 0 Å². The Morgan fingerprint density at radius 1 is 1.37 bits per heavy atom. The van der Waals surface area contributed by atoms with Crippen molar-refractivity contribution in [2.75, 3.05) is 44.7 Å². The highest BCUT2D eigenvalue weighted by Crippen LogP contribution is 2.19. The van der Waals surface area contributed by atoms with Crippen LogP contribution in [-0.2, 0) is 4.79 Å². The van der Waals surface area contributed by atoms with Crippen molar-refractivity contribution in [1.29, 1.82) is 0 Å². The number of para-hydroxylation sites is 1. The molecule has 1 amide bonds. The van der Waals surface area contributed by atoms with Gasteiger partial charge in [0.1, 0.15) is 0 Å². The van der Waals surface area contributed by atoms with Crippen molar-refractivity contribution in [2.45, 2.75) is 32.6 Å². The minimum Gasteiger partial charge on any atom is -0.372 e. The second-order valence-electron chi connectivity index (χ2n) is 6.87. The second kappa shape index (κ2) is 12.8. The van der Waals surface area contributed by atoms with E-state index in [0.717, 1.165) is 57.9 Å². The van der Waals surface area contributed by atoms with Crippen LogP contribution in [0.3, 0.4) is 0 Å². The Labute approximate surface area is 180 Å². The third-order valence-electron chi connectivity index (χ3n) is 4.91. The quantitative estimate of drug-likeness (QED) is 0.256. The molecule has 6 nitrogen and oxygen atoms in total. The topological polar surface area (TPSA) is 74.0 Å². The van der Waals surface area contributed by atoms with Crippen LogP contribution in [0.25, 0.3) is 0 Å². The first-order chi connectivity index (χ1) is 12.6. The number of hydrogen-bond donors (Lipinski definition) is 2. The summed E-state index contributed by atoms with van der Waals surface area (Å²) in [5.74, 6) is 1.07. The zero-order valence-corrected chi connectivity index (χ0v) is 18.9. The van der Waals surface area contributed by atoms with Gasteiger partial charge >= 0.3 is 0 Å². The highest BCUT2D eigenvalue weighted by atomic mass is 127. The first-order valence-electron chi connectivity index (χ1n) is 9.68. The molecule has 0 bridgehead atoms. The van der Waals surface area contributed by atoms with Crippen molar-refractivity contribution in [3.8, 4) is 0 Å². The fourth-order valence-electron chi connectivity index (χ4n) is 3.62. The minimum absolute atomic E-state index is 0. The van der Waals surface area contributed by atoms with Crippen LogP contribution < -0.4 is 16.0 Å². The number of nitrogens with zero attached hydrogens (tertiary/aromatic N) is 3. The molecule has 0 aromatic heterocycles. The van der Waals surface area contributed by atoms with E-state index in [1.165, 1.54) is 5.69 Å². The Balaban J connectivity index is 0.00000364. The highest BCUT2D eigenvalue weighted by molar-refractivity contribution is 14.0. The smallest absolute Gasteiger partial charge is 0.217 e. The van der Waals surface area contributed by atoms with Gasteiger partial charge in [0.25, 0.3) is 0 Å². The largest absolute Gasteiger partial charge is 0.372 e. The summed E-state index contributed by atoms with van der Waals surface area (Å²) in [6, 6.07) is 10.5. The third-order valence-corrected chi connectivity index (χ3v) is 4.91. The Kier molecular flexibility index (Phi) is 11.2. The zero-order valence-electron chi connectivity index (χ0n) is 16.6. The predicted molar refractivity (Wildman–Crippen MR) is 124 cm³/mol. The average Bonchev–Trinajstić information content (AvgIpc) is 2.65. The van der Waals surface area contributed by atoms with Gasteiger partial charge in [-0.15, -0.1) is 24.0 Å². The normalized spacial score (nSPS) is 17.2. The summed E-state index contributed by atoms with van der Waals surface area (Å²) in [6.07, 6.45) is 3.66. The van der Waals surface area contributed by atoms with E-state index in [4.69, 9.17) is 5.73 Å². The van der Waals surface area contributed by atoms with Crippen molar-refractivity contribution in [1.82, 2.24) is 10.2 Å². The van der Waals surface area contributed by atoms with Crippen LogP contribution in [0.4, 0.5) is 5.69 Å². The molecule has 1 aliphatic rings. The molecule has 1 aromatic carbocycles. The molecule has 1 saturated heterocycles. The maximum absolute atomic E-state index is 11.2. The monoisotopic (exact) mass is 487 g/mol. The van der Waals surface area contributed by atoms with Gasteiger partial charge in [-0.3, -0.25) is 9.79 Å². The predicted octanol–water partition coefficient (Wildman–Crippen LogP) is 2.68. The van der Waals surface area contributed by atoms with E-state index < -0.39 is 0 Å². The van der Waals surface area contributed by atoms with Crippen molar-refractivity contribution in [3.63, 3.8) is 0 Å². The lowest BCUT2D eigenvalue weighted by Gasteiger charge is -2.34. The third kappa shape index (κ3) is 7.94. The van der Waals surface area contributed by atoms with Crippen molar-refractivity contribution in [3.05, 3.63) is 30.3 Å². The number of nitrogens with two attached hydrogens (primary N) is 1. The van der Waals surface area contributed by atoms with Crippen molar-refractivity contribution >= 4 is 41.5 Å². The van der Waals surface area contributed by atoms with Gasteiger partial charge in [-0.1, -0.05) is 18.2 Å². The molecule has 0 spiro atoms. The summed E-state index contributed by atoms with van der Waals surface area (Å²) in [5, 5.41) is 3.48. The van der Waals surface area contributed by atoms with Crippen LogP contribution in [0, 0.1) is 5.92 Å². The Morgan fingerprint density at radius 2 is 2.11 bits per heavy atom. The molecule has 152 valence electrons. The maximum atomic E-state index is 11.2. The van der Waals surface area contributed by atoms with Crippen molar-refractivity contribution in [2.24, 2.45) is 16.6 Å². The molecule has 3 N–H and O–H groups in total. The lowest BCUT2D eigenvalue weighted by molar-refractivity contribution is -0.119. The maximum Gasteiger partial charge on any atom is 0.217 e. The molecule has 2 rings (SSSR count). The second-order valence-corrected chi connectivity index (χ2v) is 6.87. The van der Waals surface area contributed by atoms with Crippen LogP contribution in [0.1, 0.15) is 32.6 Å². The van der Waals surface area contributed by atoms with Gasteiger partial charge in [0, 0.05) is 51.9 Å². The molecule has 1 aromatic rings. The molecule has 1 fully saturated rings. The van der Waals surface area contributed by atoms with E-state index in [-0.39, 0.29) is 29.9 Å². The van der Waals surface area contributed by atoms with Crippen LogP contribution in [0.2, 0.25) is 0 Å². The molecule has 27 heavy (non-hydrogen) atoms. The number of amides is 1. The summed E-state index contributed by atoms with van der Waals surface area (Å²) in [5.41, 5.74) is 6.63. The van der Waals surface area contributed by atoms with E-state index in [2.05, 4.69) is 51.3 Å². The number of guanidine groups is 1. The van der Waals surface area contributed by atoms with Gasteiger partial charge < -0.3 is 20.9 Å². The zero-order chi connectivity index (χ0) is 18.8. The summed E-state index contributed by atoms with van der Waals surface area (Å²) >= 11 is 0. The molecule has 1 heterocycles. The number of halogens is 1. The summed E-state index contributed by atoms with van der Waals surface area (Å²) in [7, 11) is 1.82. The van der Waals surface area contributed by atoms with E-state index >= 15 is 0 Å². The molecule has 0 radical (unpaired) electrons. The molecule has 1 aliphatic heterocycles. The van der Waals surface area contributed by atoms with Gasteiger partial charge in [-0.05, 0) is 44.2 Å². The molecule has 0 aliphatic carbocycles. The van der Waals surface area contributed by atoms with Gasteiger partial charge in [-0.2, -0.15) is 0 Å². The number of rotatable bonds is 8. The number of hydrogen-bond acceptors (Lipinski definition) is 3. The van der Waals surface area contributed by atoms with E-state index in [1.807, 2.05) is 13.1 Å². The first kappa shape index (κ1) is 23.5. The Morgan fingerprint density at radius 3 is 2.74 bits per heavy atom. The van der Waals surface area contributed by atoms with Crippen LogP contribution in [0.5, 0.6) is 0 Å². The van der Waals surface area contributed by atoms with Gasteiger partial charge in [-0.25, -0.2) is 0 Å². The number of piperidine rings is 1. The number of carbonyl (C=O) groups excluding carboxylic acids is 1. The van der Waals surface area contributed by atoms with E-state index in [1.54, 1.807) is 0 Å². The summed E-state index contributed by atoms with van der Waals surface area (Å²) in [6.45, 7) is 6.92. The Hall–Kier alpha value is -1.51.